The summed E-state index contributed by atoms with van der Waals surface area (Å²) < 4.78 is 5.86. The van der Waals surface area contributed by atoms with Crippen molar-refractivity contribution in [3.8, 4) is 17.7 Å². The molecule has 1 aromatic carbocycles. The molecule has 104 valence electrons. The van der Waals surface area contributed by atoms with Gasteiger partial charge in [0.15, 0.2) is 5.65 Å². The summed E-state index contributed by atoms with van der Waals surface area (Å²) in [5, 5.41) is 19.3. The van der Waals surface area contributed by atoms with E-state index in [4.69, 9.17) is 10.00 Å². The van der Waals surface area contributed by atoms with Gasteiger partial charge < -0.3 is 10.1 Å². The molecule has 2 heterocycles. The van der Waals surface area contributed by atoms with Crippen LogP contribution in [0.25, 0.3) is 11.0 Å². The van der Waals surface area contributed by atoms with Crippen molar-refractivity contribution in [1.29, 1.82) is 5.26 Å². The molecule has 7 nitrogen and oxygen atoms in total. The largest absolute Gasteiger partial charge is 0.438 e. The summed E-state index contributed by atoms with van der Waals surface area (Å²) in [5.41, 5.74) is 2.02. The van der Waals surface area contributed by atoms with Crippen LogP contribution in [0, 0.1) is 18.3 Å². The van der Waals surface area contributed by atoms with Gasteiger partial charge >= 0.3 is 0 Å². The van der Waals surface area contributed by atoms with Gasteiger partial charge in [-0.2, -0.15) is 20.3 Å². The Morgan fingerprint density at radius 2 is 2.19 bits per heavy atom. The molecule has 2 aromatic heterocycles. The lowest BCUT2D eigenvalue weighted by Crippen LogP contribution is -1.99. The van der Waals surface area contributed by atoms with Crippen LogP contribution in [0.1, 0.15) is 11.1 Å². The first kappa shape index (κ1) is 12.9. The number of nitrogens with one attached hydrogen (secondary N) is 2. The molecule has 3 rings (SSSR count). The predicted octanol–water partition coefficient (Wildman–Crippen LogP) is 2.37. The molecule has 0 atom stereocenters. The van der Waals surface area contributed by atoms with Gasteiger partial charge in [-0.15, -0.1) is 0 Å². The fourth-order valence-corrected chi connectivity index (χ4v) is 1.88. The third-order valence-corrected chi connectivity index (χ3v) is 3.02. The van der Waals surface area contributed by atoms with Crippen molar-refractivity contribution in [2.75, 3.05) is 12.4 Å². The molecule has 3 aromatic rings. The Morgan fingerprint density at radius 1 is 1.33 bits per heavy atom. The van der Waals surface area contributed by atoms with Crippen molar-refractivity contribution >= 4 is 17.0 Å². The second-order valence-corrected chi connectivity index (χ2v) is 4.43. The van der Waals surface area contributed by atoms with Crippen molar-refractivity contribution in [3.05, 3.63) is 35.5 Å². The minimum Gasteiger partial charge on any atom is -0.438 e. The number of benzene rings is 1. The number of nitriles is 1. The standard InChI is InChI=1S/C14H12N6O/c1-8-3-4-9(6-15)5-11(8)21-13-10-7-17-20-12(10)18-14(16-2)19-13/h3-5,7H,1-2H3,(H2,16,17,18,19,20). The number of ether oxygens (including phenoxy) is 1. The van der Waals surface area contributed by atoms with Crippen LogP contribution in [-0.2, 0) is 0 Å². The molecule has 0 fully saturated rings. The second kappa shape index (κ2) is 5.09. The number of rotatable bonds is 3. The topological polar surface area (TPSA) is 99.5 Å². The molecule has 21 heavy (non-hydrogen) atoms. The highest BCUT2D eigenvalue weighted by molar-refractivity contribution is 5.81. The van der Waals surface area contributed by atoms with Crippen LogP contribution >= 0.6 is 0 Å². The van der Waals surface area contributed by atoms with Gasteiger partial charge in [-0.1, -0.05) is 6.07 Å². The first-order valence-corrected chi connectivity index (χ1v) is 6.28. The summed E-state index contributed by atoms with van der Waals surface area (Å²) in [7, 11) is 1.73. The Kier molecular flexibility index (Phi) is 3.12. The molecular weight excluding hydrogens is 268 g/mol. The molecule has 0 spiro atoms. The number of aryl methyl sites for hydroxylation is 1. The summed E-state index contributed by atoms with van der Waals surface area (Å²) >= 11 is 0. The number of nitrogens with zero attached hydrogens (tertiary/aromatic N) is 4. The van der Waals surface area contributed by atoms with Crippen LogP contribution in [0.4, 0.5) is 5.95 Å². The average molecular weight is 280 g/mol. The van der Waals surface area contributed by atoms with Crippen molar-refractivity contribution < 1.29 is 4.74 Å². The predicted molar refractivity (Wildman–Crippen MR) is 77.2 cm³/mol. The van der Waals surface area contributed by atoms with E-state index in [0.717, 1.165) is 5.56 Å². The molecule has 0 aliphatic rings. The smallest absolute Gasteiger partial charge is 0.235 e. The first-order valence-electron chi connectivity index (χ1n) is 6.28. The van der Waals surface area contributed by atoms with Crippen LogP contribution in [0.3, 0.4) is 0 Å². The molecule has 0 amide bonds. The lowest BCUT2D eigenvalue weighted by molar-refractivity contribution is 0.465. The van der Waals surface area contributed by atoms with Crippen LogP contribution in [-0.4, -0.2) is 27.2 Å². The number of hydrogen-bond donors (Lipinski definition) is 2. The number of anilines is 1. The van der Waals surface area contributed by atoms with E-state index >= 15 is 0 Å². The Bertz CT molecular complexity index is 848. The summed E-state index contributed by atoms with van der Waals surface area (Å²) in [6.45, 7) is 1.91. The molecular formula is C14H12N6O. The number of H-pyrrole nitrogens is 1. The minimum atomic E-state index is 0.385. The van der Waals surface area contributed by atoms with E-state index in [2.05, 4.69) is 31.6 Å². The molecule has 7 heteroatoms. The molecule has 0 saturated carbocycles. The van der Waals surface area contributed by atoms with Gasteiger partial charge in [0.1, 0.15) is 11.1 Å². The fraction of sp³-hybridized carbons (Fsp3) is 0.143. The maximum atomic E-state index is 8.98. The normalized spacial score (nSPS) is 10.3. The van der Waals surface area contributed by atoms with Crippen molar-refractivity contribution in [3.63, 3.8) is 0 Å². The van der Waals surface area contributed by atoms with Gasteiger partial charge in [0.2, 0.25) is 11.8 Å². The van der Waals surface area contributed by atoms with Crippen molar-refractivity contribution in [2.45, 2.75) is 6.92 Å². The molecule has 0 unspecified atom stereocenters. The van der Waals surface area contributed by atoms with Gasteiger partial charge in [-0.25, -0.2) is 0 Å². The number of hydrogen-bond acceptors (Lipinski definition) is 6. The van der Waals surface area contributed by atoms with E-state index < -0.39 is 0 Å². The maximum Gasteiger partial charge on any atom is 0.235 e. The monoisotopic (exact) mass is 280 g/mol. The average Bonchev–Trinajstić information content (AvgIpc) is 2.98. The maximum absolute atomic E-state index is 8.98. The summed E-state index contributed by atoms with van der Waals surface area (Å²) in [6, 6.07) is 7.35. The molecule has 0 aliphatic carbocycles. The van der Waals surface area contributed by atoms with Crippen molar-refractivity contribution in [2.24, 2.45) is 0 Å². The van der Waals surface area contributed by atoms with Crippen LogP contribution in [0.15, 0.2) is 24.4 Å². The Hall–Kier alpha value is -3.14. The zero-order valence-electron chi connectivity index (χ0n) is 11.5. The van der Waals surface area contributed by atoms with E-state index in [1.165, 1.54) is 0 Å². The zero-order valence-corrected chi connectivity index (χ0v) is 11.5. The SMILES string of the molecule is CNc1nc(Oc2cc(C#N)ccc2C)c2cn[nH]c2n1. The lowest BCUT2D eigenvalue weighted by Gasteiger charge is -2.09. The number of aromatic amines is 1. The first-order chi connectivity index (χ1) is 10.2. The zero-order chi connectivity index (χ0) is 14.8. The van der Waals surface area contributed by atoms with Gasteiger partial charge in [-0.3, -0.25) is 5.10 Å². The van der Waals surface area contributed by atoms with E-state index in [0.29, 0.717) is 34.2 Å². The third-order valence-electron chi connectivity index (χ3n) is 3.02. The highest BCUT2D eigenvalue weighted by Crippen LogP contribution is 2.29. The second-order valence-electron chi connectivity index (χ2n) is 4.43. The van der Waals surface area contributed by atoms with E-state index in [1.54, 1.807) is 25.4 Å². The highest BCUT2D eigenvalue weighted by atomic mass is 16.5. The summed E-state index contributed by atoms with van der Waals surface area (Å²) in [4.78, 5) is 8.54. The molecule has 2 N–H and O–H groups in total. The molecule has 0 bridgehead atoms. The Labute approximate surface area is 120 Å². The number of fused-ring (bicyclic) bond motifs is 1. The van der Waals surface area contributed by atoms with Gasteiger partial charge in [-0.05, 0) is 24.6 Å². The van der Waals surface area contributed by atoms with E-state index in [9.17, 15) is 0 Å². The quantitative estimate of drug-likeness (QED) is 0.764. The van der Waals surface area contributed by atoms with Crippen LogP contribution in [0.5, 0.6) is 11.6 Å². The van der Waals surface area contributed by atoms with E-state index in [-0.39, 0.29) is 0 Å². The minimum absolute atomic E-state index is 0.385. The molecule has 0 aliphatic heterocycles. The summed E-state index contributed by atoms with van der Waals surface area (Å²) in [5.74, 6) is 1.39. The van der Waals surface area contributed by atoms with Gasteiger partial charge in [0.25, 0.3) is 0 Å². The van der Waals surface area contributed by atoms with Gasteiger partial charge in [0.05, 0.1) is 17.8 Å². The molecule has 0 saturated heterocycles. The lowest BCUT2D eigenvalue weighted by atomic mass is 10.1. The van der Waals surface area contributed by atoms with Crippen LogP contribution in [0.2, 0.25) is 0 Å². The van der Waals surface area contributed by atoms with Crippen LogP contribution < -0.4 is 10.1 Å². The third kappa shape index (κ3) is 2.34. The number of aromatic nitrogens is 4. The Balaban J connectivity index is 2.09. The van der Waals surface area contributed by atoms with Gasteiger partial charge in [0, 0.05) is 7.05 Å². The van der Waals surface area contributed by atoms with Crippen molar-refractivity contribution in [1.82, 2.24) is 20.2 Å². The highest BCUT2D eigenvalue weighted by Gasteiger charge is 2.12. The summed E-state index contributed by atoms with van der Waals surface area (Å²) in [6.07, 6.45) is 1.60. The Morgan fingerprint density at radius 3 is 2.95 bits per heavy atom. The fourth-order valence-electron chi connectivity index (χ4n) is 1.88. The van der Waals surface area contributed by atoms with E-state index in [1.807, 2.05) is 13.0 Å². The molecule has 0 radical (unpaired) electrons.